The zero-order valence-corrected chi connectivity index (χ0v) is 11.0. The van der Waals surface area contributed by atoms with Crippen LogP contribution in [0.3, 0.4) is 0 Å². The van der Waals surface area contributed by atoms with Gasteiger partial charge in [0.05, 0.1) is 18.0 Å². The second-order valence-electron chi connectivity index (χ2n) is 4.56. The van der Waals surface area contributed by atoms with E-state index < -0.39 is 0 Å². The third-order valence-electron chi connectivity index (χ3n) is 3.34. The summed E-state index contributed by atoms with van der Waals surface area (Å²) in [5.74, 6) is 2.42. The highest BCUT2D eigenvalue weighted by Crippen LogP contribution is 2.36. The van der Waals surface area contributed by atoms with Gasteiger partial charge in [0.25, 0.3) is 0 Å². The van der Waals surface area contributed by atoms with E-state index in [9.17, 15) is 0 Å². The molecule has 1 aromatic carbocycles. The number of benzene rings is 1. The highest BCUT2D eigenvalue weighted by Gasteiger charge is 2.18. The van der Waals surface area contributed by atoms with Crippen LogP contribution in [0.2, 0.25) is 0 Å². The molecule has 0 saturated carbocycles. The maximum Gasteiger partial charge on any atom is 0.231 e. The summed E-state index contributed by atoms with van der Waals surface area (Å²) in [6, 6.07) is 5.88. The molecule has 0 fully saturated rings. The summed E-state index contributed by atoms with van der Waals surface area (Å²) in [4.78, 5) is 4.50. The SMILES string of the molecule is Cc1nc(CCO)n(C)c1-c1ccc2c(c1)OCO2. The van der Waals surface area contributed by atoms with Gasteiger partial charge in [-0.15, -0.1) is 0 Å². The predicted octanol–water partition coefficient (Wildman–Crippen LogP) is 1.66. The lowest BCUT2D eigenvalue weighted by atomic mass is 10.1. The van der Waals surface area contributed by atoms with E-state index in [0.717, 1.165) is 34.3 Å². The molecule has 0 spiro atoms. The third-order valence-corrected chi connectivity index (χ3v) is 3.34. The Morgan fingerprint density at radius 2 is 2.11 bits per heavy atom. The predicted molar refractivity (Wildman–Crippen MR) is 70.3 cm³/mol. The van der Waals surface area contributed by atoms with Gasteiger partial charge in [0.15, 0.2) is 11.5 Å². The first kappa shape index (κ1) is 12.0. The molecule has 2 heterocycles. The van der Waals surface area contributed by atoms with Gasteiger partial charge in [-0.25, -0.2) is 4.98 Å². The molecular formula is C14H16N2O3. The molecule has 0 atom stereocenters. The third kappa shape index (κ3) is 1.96. The minimum atomic E-state index is 0.102. The molecule has 5 heteroatoms. The van der Waals surface area contributed by atoms with Gasteiger partial charge in [-0.1, -0.05) is 0 Å². The van der Waals surface area contributed by atoms with Crippen LogP contribution >= 0.6 is 0 Å². The largest absolute Gasteiger partial charge is 0.454 e. The van der Waals surface area contributed by atoms with E-state index in [0.29, 0.717) is 6.42 Å². The zero-order chi connectivity index (χ0) is 13.4. The quantitative estimate of drug-likeness (QED) is 0.912. The lowest BCUT2D eigenvalue weighted by molar-refractivity contribution is 0.174. The maximum atomic E-state index is 9.05. The van der Waals surface area contributed by atoms with Crippen molar-refractivity contribution < 1.29 is 14.6 Å². The number of hydrogen-bond acceptors (Lipinski definition) is 4. The summed E-state index contributed by atoms with van der Waals surface area (Å²) < 4.78 is 12.7. The van der Waals surface area contributed by atoms with Gasteiger partial charge in [-0.2, -0.15) is 0 Å². The molecule has 2 aromatic rings. The van der Waals surface area contributed by atoms with Crippen molar-refractivity contribution in [3.05, 3.63) is 29.7 Å². The molecule has 19 heavy (non-hydrogen) atoms. The number of aryl methyl sites for hydroxylation is 1. The van der Waals surface area contributed by atoms with Crippen LogP contribution in [0.5, 0.6) is 11.5 Å². The molecule has 100 valence electrons. The Bertz CT molecular complexity index is 619. The van der Waals surface area contributed by atoms with Crippen LogP contribution in [0.15, 0.2) is 18.2 Å². The molecule has 0 unspecified atom stereocenters. The minimum Gasteiger partial charge on any atom is -0.454 e. The molecule has 1 aliphatic rings. The average molecular weight is 260 g/mol. The fourth-order valence-corrected chi connectivity index (χ4v) is 2.46. The van der Waals surface area contributed by atoms with Gasteiger partial charge < -0.3 is 19.1 Å². The lowest BCUT2D eigenvalue weighted by Crippen LogP contribution is -2.02. The molecule has 1 aromatic heterocycles. The fraction of sp³-hybridized carbons (Fsp3) is 0.357. The van der Waals surface area contributed by atoms with E-state index in [1.807, 2.05) is 36.7 Å². The van der Waals surface area contributed by atoms with Gasteiger partial charge >= 0.3 is 0 Å². The second-order valence-corrected chi connectivity index (χ2v) is 4.56. The normalized spacial score (nSPS) is 13.0. The van der Waals surface area contributed by atoms with Crippen molar-refractivity contribution in [3.8, 4) is 22.8 Å². The number of aliphatic hydroxyl groups is 1. The minimum absolute atomic E-state index is 0.102. The van der Waals surface area contributed by atoms with E-state index >= 15 is 0 Å². The van der Waals surface area contributed by atoms with E-state index in [2.05, 4.69) is 4.98 Å². The Kier molecular flexibility index (Phi) is 2.91. The smallest absolute Gasteiger partial charge is 0.231 e. The Hall–Kier alpha value is -2.01. The number of aromatic nitrogens is 2. The lowest BCUT2D eigenvalue weighted by Gasteiger charge is -2.07. The molecule has 1 N–H and O–H groups in total. The summed E-state index contributed by atoms with van der Waals surface area (Å²) in [5.41, 5.74) is 3.03. The first-order valence-corrected chi connectivity index (χ1v) is 6.24. The van der Waals surface area contributed by atoms with Crippen LogP contribution in [0.25, 0.3) is 11.3 Å². The van der Waals surface area contributed by atoms with E-state index in [4.69, 9.17) is 14.6 Å². The molecule has 0 saturated heterocycles. The summed E-state index contributed by atoms with van der Waals surface area (Å²) in [5, 5.41) is 9.05. The van der Waals surface area contributed by atoms with Gasteiger partial charge in [0.2, 0.25) is 6.79 Å². The first-order chi connectivity index (χ1) is 9.20. The number of fused-ring (bicyclic) bond motifs is 1. The topological polar surface area (TPSA) is 56.5 Å². The van der Waals surface area contributed by atoms with Gasteiger partial charge in [0, 0.05) is 19.0 Å². The van der Waals surface area contributed by atoms with E-state index in [-0.39, 0.29) is 13.4 Å². The molecule has 0 radical (unpaired) electrons. The summed E-state index contributed by atoms with van der Waals surface area (Å²) >= 11 is 0. The standard InChI is InChI=1S/C14H16N2O3/c1-9-14(16(2)13(15-9)5-6-17)10-3-4-11-12(7-10)19-8-18-11/h3-4,7,17H,5-6,8H2,1-2H3. The first-order valence-electron chi connectivity index (χ1n) is 6.24. The number of ether oxygens (including phenoxy) is 2. The van der Waals surface area contributed by atoms with Gasteiger partial charge in [-0.05, 0) is 25.1 Å². The van der Waals surface area contributed by atoms with Gasteiger partial charge in [0.1, 0.15) is 5.82 Å². The number of aliphatic hydroxyl groups excluding tert-OH is 1. The highest BCUT2D eigenvalue weighted by molar-refractivity contribution is 5.67. The molecule has 5 nitrogen and oxygen atoms in total. The van der Waals surface area contributed by atoms with Crippen molar-refractivity contribution in [2.75, 3.05) is 13.4 Å². The van der Waals surface area contributed by atoms with Crippen LogP contribution in [0.4, 0.5) is 0 Å². The van der Waals surface area contributed by atoms with Crippen molar-refractivity contribution in [1.29, 1.82) is 0 Å². The number of rotatable bonds is 3. The van der Waals surface area contributed by atoms with Crippen molar-refractivity contribution in [1.82, 2.24) is 9.55 Å². The van der Waals surface area contributed by atoms with Crippen molar-refractivity contribution in [2.45, 2.75) is 13.3 Å². The van der Waals surface area contributed by atoms with E-state index in [1.54, 1.807) is 0 Å². The number of imidazole rings is 1. The molecular weight excluding hydrogens is 244 g/mol. The highest BCUT2D eigenvalue weighted by atomic mass is 16.7. The molecule has 1 aliphatic heterocycles. The summed E-state index contributed by atoms with van der Waals surface area (Å²) in [6.45, 7) is 2.35. The Balaban J connectivity index is 2.07. The molecule has 0 aliphatic carbocycles. The van der Waals surface area contributed by atoms with Crippen LogP contribution < -0.4 is 9.47 Å². The Morgan fingerprint density at radius 1 is 1.32 bits per heavy atom. The second kappa shape index (κ2) is 4.59. The van der Waals surface area contributed by atoms with Crippen LogP contribution in [0.1, 0.15) is 11.5 Å². The fourth-order valence-electron chi connectivity index (χ4n) is 2.46. The summed E-state index contributed by atoms with van der Waals surface area (Å²) in [7, 11) is 1.96. The molecule has 0 amide bonds. The average Bonchev–Trinajstić information content (AvgIpc) is 2.95. The van der Waals surface area contributed by atoms with E-state index in [1.165, 1.54) is 0 Å². The van der Waals surface area contributed by atoms with Gasteiger partial charge in [-0.3, -0.25) is 0 Å². The number of hydrogen-bond donors (Lipinski definition) is 1. The Labute approximate surface area is 111 Å². The summed E-state index contributed by atoms with van der Waals surface area (Å²) in [6.07, 6.45) is 0.557. The molecule has 3 rings (SSSR count). The van der Waals surface area contributed by atoms with Crippen molar-refractivity contribution >= 4 is 0 Å². The molecule has 0 bridgehead atoms. The van der Waals surface area contributed by atoms with Crippen molar-refractivity contribution in [2.24, 2.45) is 7.05 Å². The maximum absolute atomic E-state index is 9.05. The zero-order valence-electron chi connectivity index (χ0n) is 11.0. The van der Waals surface area contributed by atoms with Crippen LogP contribution in [-0.4, -0.2) is 28.1 Å². The van der Waals surface area contributed by atoms with Crippen molar-refractivity contribution in [3.63, 3.8) is 0 Å². The Morgan fingerprint density at radius 3 is 2.89 bits per heavy atom. The van der Waals surface area contributed by atoms with Crippen LogP contribution in [-0.2, 0) is 13.5 Å². The number of nitrogens with zero attached hydrogens (tertiary/aromatic N) is 2. The monoisotopic (exact) mass is 260 g/mol. The van der Waals surface area contributed by atoms with Crippen LogP contribution in [0, 0.1) is 6.92 Å².